The van der Waals surface area contributed by atoms with Crippen LogP contribution in [-0.4, -0.2) is 12.9 Å². The third-order valence-electron chi connectivity index (χ3n) is 3.06. The van der Waals surface area contributed by atoms with Crippen LogP contribution in [0.5, 0.6) is 5.75 Å². The fraction of sp³-hybridized carbons (Fsp3) is 0.125. The van der Waals surface area contributed by atoms with Gasteiger partial charge in [0.1, 0.15) is 11.7 Å². The summed E-state index contributed by atoms with van der Waals surface area (Å²) in [5, 5.41) is 9.77. The lowest BCUT2D eigenvalue weighted by molar-refractivity contribution is 0.0979. The molecule has 0 saturated carbocycles. The highest BCUT2D eigenvalue weighted by Gasteiger charge is 2.24. The molecule has 0 saturated heterocycles. The van der Waals surface area contributed by atoms with Gasteiger partial charge >= 0.3 is 0 Å². The average Bonchev–Trinajstić information content (AvgIpc) is 2.51. The highest BCUT2D eigenvalue weighted by molar-refractivity contribution is 6.44. The number of nitriles is 1. The molecule has 1 atom stereocenters. The van der Waals surface area contributed by atoms with Crippen LogP contribution in [0.25, 0.3) is 0 Å². The lowest BCUT2D eigenvalue weighted by Gasteiger charge is -2.11. The van der Waals surface area contributed by atoms with Crippen molar-refractivity contribution in [2.24, 2.45) is 0 Å². The second-order valence-electron chi connectivity index (χ2n) is 4.30. The van der Waals surface area contributed by atoms with E-state index in [0.29, 0.717) is 11.3 Å². The van der Waals surface area contributed by atoms with Crippen LogP contribution in [0.4, 0.5) is 0 Å². The van der Waals surface area contributed by atoms with Gasteiger partial charge in [0.2, 0.25) is 0 Å². The largest absolute Gasteiger partial charge is 0.497 e. The molecule has 3 nitrogen and oxygen atoms in total. The first kappa shape index (κ1) is 15.4. The minimum atomic E-state index is -0.938. The van der Waals surface area contributed by atoms with Crippen LogP contribution in [0.3, 0.4) is 0 Å². The summed E-state index contributed by atoms with van der Waals surface area (Å²) in [5.74, 6) is -0.661. The molecule has 0 aromatic heterocycles. The molecule has 0 heterocycles. The minimum Gasteiger partial charge on any atom is -0.497 e. The smallest absolute Gasteiger partial charge is 0.186 e. The van der Waals surface area contributed by atoms with Crippen LogP contribution in [0.1, 0.15) is 21.8 Å². The van der Waals surface area contributed by atoms with Crippen molar-refractivity contribution in [2.45, 2.75) is 5.92 Å². The number of ketones is 1. The molecule has 21 heavy (non-hydrogen) atoms. The number of carbonyl (C=O) groups excluding carboxylic acids is 1. The van der Waals surface area contributed by atoms with E-state index in [0.717, 1.165) is 0 Å². The maximum absolute atomic E-state index is 12.5. The number of Topliss-reactive ketones (excluding diaryl/α,β-unsaturated/α-hetero) is 1. The number of ether oxygens (including phenoxy) is 1. The molecule has 0 N–H and O–H groups in total. The predicted octanol–water partition coefficient (Wildman–Crippen LogP) is 4.49. The van der Waals surface area contributed by atoms with Gasteiger partial charge in [0.05, 0.1) is 23.2 Å². The Labute approximate surface area is 132 Å². The highest BCUT2D eigenvalue weighted by atomic mass is 35.5. The standard InChI is InChI=1S/C16H11Cl2NO2/c1-21-11-7-5-10(6-8-11)13(9-19)16(20)12-3-2-4-14(17)15(12)18/h2-8,13H,1H3. The van der Waals surface area contributed by atoms with E-state index in [1.165, 1.54) is 0 Å². The number of nitrogens with zero attached hydrogens (tertiary/aromatic N) is 1. The molecular weight excluding hydrogens is 309 g/mol. The molecule has 2 aromatic carbocycles. The summed E-state index contributed by atoms with van der Waals surface area (Å²) in [6.45, 7) is 0. The van der Waals surface area contributed by atoms with E-state index < -0.39 is 5.92 Å². The van der Waals surface area contributed by atoms with Crippen LogP contribution in [0.2, 0.25) is 10.0 Å². The SMILES string of the molecule is COc1ccc(C(C#N)C(=O)c2cccc(Cl)c2Cl)cc1. The molecule has 2 aromatic rings. The Morgan fingerprint density at radius 2 is 1.86 bits per heavy atom. The first-order chi connectivity index (χ1) is 10.1. The fourth-order valence-corrected chi connectivity index (χ4v) is 2.32. The van der Waals surface area contributed by atoms with Crippen molar-refractivity contribution < 1.29 is 9.53 Å². The van der Waals surface area contributed by atoms with Crippen molar-refractivity contribution in [1.29, 1.82) is 5.26 Å². The van der Waals surface area contributed by atoms with Crippen LogP contribution in [-0.2, 0) is 0 Å². The third kappa shape index (κ3) is 3.18. The van der Waals surface area contributed by atoms with Crippen LogP contribution < -0.4 is 4.74 Å². The Bertz CT molecular complexity index is 705. The van der Waals surface area contributed by atoms with Gasteiger partial charge in [-0.1, -0.05) is 41.4 Å². The van der Waals surface area contributed by atoms with Crippen molar-refractivity contribution >= 4 is 29.0 Å². The number of benzene rings is 2. The molecule has 0 spiro atoms. The zero-order valence-corrected chi connectivity index (χ0v) is 12.7. The molecule has 106 valence electrons. The van der Waals surface area contributed by atoms with E-state index in [-0.39, 0.29) is 21.4 Å². The predicted molar refractivity (Wildman–Crippen MR) is 82.1 cm³/mol. The number of halogens is 2. The number of hydrogen-bond acceptors (Lipinski definition) is 3. The Balaban J connectivity index is 2.39. The minimum absolute atomic E-state index is 0.165. The molecule has 0 aliphatic rings. The summed E-state index contributed by atoms with van der Waals surface area (Å²) in [6.07, 6.45) is 0. The molecule has 0 bridgehead atoms. The quantitative estimate of drug-likeness (QED) is 0.780. The van der Waals surface area contributed by atoms with E-state index in [9.17, 15) is 10.1 Å². The van der Waals surface area contributed by atoms with Crippen molar-refractivity contribution in [3.8, 4) is 11.8 Å². The zero-order chi connectivity index (χ0) is 15.4. The Kier molecular flexibility index (Phi) is 4.85. The first-order valence-corrected chi connectivity index (χ1v) is 6.86. The van der Waals surface area contributed by atoms with Crippen molar-refractivity contribution in [3.05, 3.63) is 63.6 Å². The maximum atomic E-state index is 12.5. The Morgan fingerprint density at radius 1 is 1.19 bits per heavy atom. The summed E-state index contributed by atoms with van der Waals surface area (Å²) in [6, 6.07) is 13.6. The molecule has 0 amide bonds. The molecular formula is C16H11Cl2NO2. The summed E-state index contributed by atoms with van der Waals surface area (Å²) >= 11 is 11.9. The van der Waals surface area contributed by atoms with E-state index >= 15 is 0 Å². The molecule has 0 aliphatic heterocycles. The number of hydrogen-bond donors (Lipinski definition) is 0. The number of rotatable bonds is 4. The Hall–Kier alpha value is -2.02. The third-order valence-corrected chi connectivity index (χ3v) is 3.88. The van der Waals surface area contributed by atoms with E-state index in [2.05, 4.69) is 0 Å². The monoisotopic (exact) mass is 319 g/mol. The average molecular weight is 320 g/mol. The lowest BCUT2D eigenvalue weighted by atomic mass is 9.92. The first-order valence-electron chi connectivity index (χ1n) is 6.10. The van der Waals surface area contributed by atoms with Crippen LogP contribution >= 0.6 is 23.2 Å². The van der Waals surface area contributed by atoms with Gasteiger partial charge in [-0.2, -0.15) is 5.26 Å². The van der Waals surface area contributed by atoms with Gasteiger partial charge in [0.15, 0.2) is 5.78 Å². The molecule has 0 aliphatic carbocycles. The van der Waals surface area contributed by atoms with E-state index in [1.807, 2.05) is 6.07 Å². The van der Waals surface area contributed by atoms with Gasteiger partial charge < -0.3 is 4.74 Å². The second-order valence-corrected chi connectivity index (χ2v) is 5.09. The maximum Gasteiger partial charge on any atom is 0.186 e. The summed E-state index contributed by atoms with van der Waals surface area (Å²) in [4.78, 5) is 12.5. The van der Waals surface area contributed by atoms with E-state index in [4.69, 9.17) is 27.9 Å². The summed E-state index contributed by atoms with van der Waals surface area (Å²) in [7, 11) is 1.55. The second kappa shape index (κ2) is 6.62. The van der Waals surface area contributed by atoms with Crippen molar-refractivity contribution in [1.82, 2.24) is 0 Å². The topological polar surface area (TPSA) is 50.1 Å². The van der Waals surface area contributed by atoms with Crippen molar-refractivity contribution in [3.63, 3.8) is 0 Å². The lowest BCUT2D eigenvalue weighted by Crippen LogP contribution is -2.12. The van der Waals surface area contributed by atoms with Gasteiger partial charge in [-0.15, -0.1) is 0 Å². The molecule has 2 rings (SSSR count). The van der Waals surface area contributed by atoms with Gasteiger partial charge in [0, 0.05) is 5.56 Å². The van der Waals surface area contributed by atoms with Gasteiger partial charge in [-0.3, -0.25) is 4.79 Å². The van der Waals surface area contributed by atoms with Crippen LogP contribution in [0.15, 0.2) is 42.5 Å². The highest BCUT2D eigenvalue weighted by Crippen LogP contribution is 2.30. The Morgan fingerprint density at radius 3 is 2.43 bits per heavy atom. The molecule has 1 unspecified atom stereocenters. The van der Waals surface area contributed by atoms with Crippen molar-refractivity contribution in [2.75, 3.05) is 7.11 Å². The molecule has 5 heteroatoms. The normalized spacial score (nSPS) is 11.5. The summed E-state index contributed by atoms with van der Waals surface area (Å²) < 4.78 is 5.06. The molecule has 0 radical (unpaired) electrons. The van der Waals surface area contributed by atoms with Crippen LogP contribution in [0, 0.1) is 11.3 Å². The zero-order valence-electron chi connectivity index (χ0n) is 11.1. The van der Waals surface area contributed by atoms with Gasteiger partial charge in [-0.25, -0.2) is 0 Å². The fourth-order valence-electron chi connectivity index (χ4n) is 1.93. The molecule has 0 fully saturated rings. The summed E-state index contributed by atoms with van der Waals surface area (Å²) in [5.41, 5.74) is 0.825. The van der Waals surface area contributed by atoms with E-state index in [1.54, 1.807) is 49.6 Å². The van der Waals surface area contributed by atoms with Gasteiger partial charge in [-0.05, 0) is 29.8 Å². The number of methoxy groups -OCH3 is 1. The van der Waals surface area contributed by atoms with Gasteiger partial charge in [0.25, 0.3) is 0 Å². The number of carbonyl (C=O) groups is 1.